The van der Waals surface area contributed by atoms with Crippen molar-refractivity contribution in [1.82, 2.24) is 20.1 Å². The Kier molecular flexibility index (Phi) is 13.0. The molecule has 6 rings (SSSR count). The molecule has 56 heavy (non-hydrogen) atoms. The quantitative estimate of drug-likeness (QED) is 0.0903. The van der Waals surface area contributed by atoms with Crippen LogP contribution in [0.1, 0.15) is 63.6 Å². The highest BCUT2D eigenvalue weighted by atomic mass is 16.2. The largest absolute Gasteiger partial charge is 0.355 e. The minimum Gasteiger partial charge on any atom is -0.355 e. The predicted molar refractivity (Wildman–Crippen MR) is 220 cm³/mol. The van der Waals surface area contributed by atoms with Gasteiger partial charge in [-0.2, -0.15) is 0 Å². The average molecular weight is 755 g/mol. The maximum absolute atomic E-state index is 14.0. The molecule has 290 valence electrons. The van der Waals surface area contributed by atoms with Crippen LogP contribution in [0.3, 0.4) is 0 Å². The summed E-state index contributed by atoms with van der Waals surface area (Å²) in [4.78, 5) is 72.9. The number of carbonyl (C=O) groups is 5. The first-order valence-corrected chi connectivity index (χ1v) is 19.4. The number of aromatic nitrogens is 1. The van der Waals surface area contributed by atoms with Crippen LogP contribution in [-0.4, -0.2) is 70.0 Å². The van der Waals surface area contributed by atoms with Crippen LogP contribution in [0.25, 0.3) is 22.2 Å². The van der Waals surface area contributed by atoms with E-state index in [4.69, 9.17) is 0 Å². The summed E-state index contributed by atoms with van der Waals surface area (Å²) in [6.07, 6.45) is 2.50. The Labute approximate surface area is 327 Å². The second kappa shape index (κ2) is 18.4. The molecule has 5 amide bonds. The number of benzene rings is 4. The van der Waals surface area contributed by atoms with Gasteiger partial charge in [0.25, 0.3) is 0 Å². The highest BCUT2D eigenvalue weighted by molar-refractivity contribution is 6.01. The Bertz CT molecular complexity index is 2150. The van der Waals surface area contributed by atoms with Gasteiger partial charge in [-0.1, -0.05) is 93.6 Å². The van der Waals surface area contributed by atoms with Gasteiger partial charge in [-0.3, -0.25) is 24.0 Å². The minimum atomic E-state index is -0.882. The fourth-order valence-electron chi connectivity index (χ4n) is 7.14. The average Bonchev–Trinajstić information content (AvgIpc) is 3.85. The number of fused-ring (bicyclic) bond motifs is 1. The Hall–Kier alpha value is -6.23. The molecule has 0 aliphatic carbocycles. The maximum Gasteiger partial charge on any atom is 0.250 e. The summed E-state index contributed by atoms with van der Waals surface area (Å²) in [5, 5.41) is 9.75. The van der Waals surface area contributed by atoms with E-state index in [0.717, 1.165) is 34.1 Å². The number of nitrogens with one attached hydrogen (secondary N) is 4. The van der Waals surface area contributed by atoms with Crippen LogP contribution >= 0.6 is 0 Å². The van der Waals surface area contributed by atoms with E-state index in [1.807, 2.05) is 130 Å². The van der Waals surface area contributed by atoms with Crippen molar-refractivity contribution in [3.8, 4) is 11.3 Å². The second-order valence-corrected chi connectivity index (χ2v) is 14.8. The minimum absolute atomic E-state index is 0.0257. The Morgan fingerprint density at radius 2 is 1.52 bits per heavy atom. The molecule has 2 atom stereocenters. The number of H-pyrrole nitrogens is 1. The van der Waals surface area contributed by atoms with Gasteiger partial charge >= 0.3 is 0 Å². The number of amides is 5. The van der Waals surface area contributed by atoms with Gasteiger partial charge in [-0.05, 0) is 78.3 Å². The van der Waals surface area contributed by atoms with Crippen LogP contribution in [0.5, 0.6) is 0 Å². The van der Waals surface area contributed by atoms with Gasteiger partial charge in [-0.25, -0.2) is 0 Å². The molecule has 11 nitrogen and oxygen atoms in total. The summed E-state index contributed by atoms with van der Waals surface area (Å²) >= 11 is 0. The van der Waals surface area contributed by atoms with Crippen molar-refractivity contribution >= 4 is 51.8 Å². The molecule has 1 aliphatic heterocycles. The van der Waals surface area contributed by atoms with Crippen molar-refractivity contribution in [3.05, 3.63) is 120 Å². The third kappa shape index (κ3) is 10.1. The van der Waals surface area contributed by atoms with Gasteiger partial charge in [0, 0.05) is 47.5 Å². The van der Waals surface area contributed by atoms with Crippen molar-refractivity contribution in [3.63, 3.8) is 0 Å². The lowest BCUT2D eigenvalue weighted by Crippen LogP contribution is -2.48. The lowest BCUT2D eigenvalue weighted by molar-refractivity contribution is -0.140. The van der Waals surface area contributed by atoms with Crippen LogP contribution in [0.15, 0.2) is 109 Å². The number of carbonyl (C=O) groups excluding carboxylic acids is 5. The molecule has 1 aliphatic rings. The van der Waals surface area contributed by atoms with E-state index in [2.05, 4.69) is 20.9 Å². The first kappa shape index (κ1) is 39.5. The zero-order valence-electron chi connectivity index (χ0n) is 32.2. The highest BCUT2D eigenvalue weighted by Crippen LogP contribution is 2.29. The standard InChI is InChI=1S/C45H50N6O5/c1-4-23-50(42(54)26-31-12-7-5-8-13-31)29-41(53)46-35-19-17-32(18-20-35)38-28-34-27-36(21-22-37(34)48-38)47-44(55)39-16-11-24-51(39)45(56)43(33-14-9-6-10-15-33)49-40(52)25-30(2)3/h5-10,12-15,17-22,27-28,30,39,43,48H,4,11,16,23-26,29H2,1-3H3,(H,46,53)(H,47,55)(H,49,52)/t39-,43+/m0/s1. The molecule has 0 saturated carbocycles. The van der Waals surface area contributed by atoms with Gasteiger partial charge in [0.15, 0.2) is 0 Å². The fourth-order valence-corrected chi connectivity index (χ4v) is 7.14. The zero-order valence-corrected chi connectivity index (χ0v) is 32.2. The molecule has 5 aromatic rings. The number of nitrogens with zero attached hydrogens (tertiary/aromatic N) is 2. The van der Waals surface area contributed by atoms with E-state index >= 15 is 0 Å². The Morgan fingerprint density at radius 1 is 0.821 bits per heavy atom. The lowest BCUT2D eigenvalue weighted by Gasteiger charge is -2.29. The Morgan fingerprint density at radius 3 is 2.21 bits per heavy atom. The van der Waals surface area contributed by atoms with Crippen LogP contribution in [-0.2, 0) is 30.4 Å². The zero-order chi connectivity index (χ0) is 39.6. The molecule has 0 bridgehead atoms. The number of hydrogen-bond donors (Lipinski definition) is 4. The highest BCUT2D eigenvalue weighted by Gasteiger charge is 2.38. The summed E-state index contributed by atoms with van der Waals surface area (Å²) in [5.41, 5.74) is 5.47. The van der Waals surface area contributed by atoms with Crippen LogP contribution < -0.4 is 16.0 Å². The molecular formula is C45H50N6O5. The Balaban J connectivity index is 1.08. The molecule has 0 spiro atoms. The summed E-state index contributed by atoms with van der Waals surface area (Å²) in [6, 6.07) is 32.2. The maximum atomic E-state index is 14.0. The van der Waals surface area contributed by atoms with Crippen molar-refractivity contribution in [1.29, 1.82) is 0 Å². The number of hydrogen-bond acceptors (Lipinski definition) is 5. The first-order chi connectivity index (χ1) is 27.1. The molecule has 4 N–H and O–H groups in total. The van der Waals surface area contributed by atoms with E-state index in [9.17, 15) is 24.0 Å². The molecule has 1 saturated heterocycles. The van der Waals surface area contributed by atoms with E-state index in [0.29, 0.717) is 49.3 Å². The number of likely N-dealkylation sites (tertiary alicyclic amines) is 1. The fraction of sp³-hybridized carbons (Fsp3) is 0.311. The molecule has 11 heteroatoms. The smallest absolute Gasteiger partial charge is 0.250 e. The SMILES string of the molecule is CCCN(CC(=O)Nc1ccc(-c2cc3cc(NC(=O)[C@@H]4CCCN4C(=O)[C@H](NC(=O)CC(C)C)c4ccccc4)ccc3[nH]2)cc1)C(=O)Cc1ccccc1. The van der Waals surface area contributed by atoms with Gasteiger partial charge in [0.1, 0.15) is 12.1 Å². The molecule has 0 radical (unpaired) electrons. The molecule has 2 heterocycles. The van der Waals surface area contributed by atoms with Gasteiger partial charge in [0.2, 0.25) is 29.5 Å². The molecule has 4 aromatic carbocycles. The van der Waals surface area contributed by atoms with Gasteiger partial charge in [-0.15, -0.1) is 0 Å². The van der Waals surface area contributed by atoms with Crippen molar-refractivity contribution in [2.75, 3.05) is 30.3 Å². The lowest BCUT2D eigenvalue weighted by atomic mass is 10.0. The third-order valence-electron chi connectivity index (χ3n) is 9.86. The van der Waals surface area contributed by atoms with Crippen molar-refractivity contribution < 1.29 is 24.0 Å². The van der Waals surface area contributed by atoms with E-state index in [-0.39, 0.29) is 48.4 Å². The predicted octanol–water partition coefficient (Wildman–Crippen LogP) is 7.09. The third-order valence-corrected chi connectivity index (χ3v) is 9.86. The number of anilines is 2. The topological polar surface area (TPSA) is 144 Å². The summed E-state index contributed by atoms with van der Waals surface area (Å²) in [7, 11) is 0. The summed E-state index contributed by atoms with van der Waals surface area (Å²) in [5.74, 6) is -0.989. The van der Waals surface area contributed by atoms with Crippen LogP contribution in [0, 0.1) is 5.92 Å². The summed E-state index contributed by atoms with van der Waals surface area (Å²) in [6.45, 7) is 6.78. The number of aromatic amines is 1. The molecular weight excluding hydrogens is 705 g/mol. The number of rotatable bonds is 15. The van der Waals surface area contributed by atoms with E-state index in [1.165, 1.54) is 0 Å². The molecule has 1 aromatic heterocycles. The van der Waals surface area contributed by atoms with Gasteiger partial charge < -0.3 is 30.7 Å². The first-order valence-electron chi connectivity index (χ1n) is 19.4. The molecule has 1 fully saturated rings. The van der Waals surface area contributed by atoms with Crippen molar-refractivity contribution in [2.45, 2.75) is 65.0 Å². The van der Waals surface area contributed by atoms with E-state index < -0.39 is 12.1 Å². The van der Waals surface area contributed by atoms with Crippen molar-refractivity contribution in [2.24, 2.45) is 5.92 Å². The van der Waals surface area contributed by atoms with Crippen LogP contribution in [0.2, 0.25) is 0 Å². The monoisotopic (exact) mass is 754 g/mol. The summed E-state index contributed by atoms with van der Waals surface area (Å²) < 4.78 is 0. The molecule has 0 unspecified atom stereocenters. The second-order valence-electron chi connectivity index (χ2n) is 14.8. The van der Waals surface area contributed by atoms with Gasteiger partial charge in [0.05, 0.1) is 13.0 Å². The van der Waals surface area contributed by atoms with Crippen LogP contribution in [0.4, 0.5) is 11.4 Å². The van der Waals surface area contributed by atoms with E-state index in [1.54, 1.807) is 9.80 Å². The normalized spacial score (nSPS) is 14.4.